The first kappa shape index (κ1) is 20.5. The van der Waals surface area contributed by atoms with Crippen LogP contribution in [-0.2, 0) is 16.0 Å². The zero-order valence-corrected chi connectivity index (χ0v) is 17.6. The maximum absolute atomic E-state index is 12.5. The van der Waals surface area contributed by atoms with Crippen LogP contribution in [0.2, 0.25) is 0 Å². The average Bonchev–Trinajstić information content (AvgIpc) is 3.45. The fourth-order valence-corrected chi connectivity index (χ4v) is 3.80. The Hall–Kier alpha value is -3.78. The Kier molecular flexibility index (Phi) is 6.18. The zero-order chi connectivity index (χ0) is 21.6. The molecule has 0 bridgehead atoms. The molecule has 0 atom stereocenters. The molecule has 0 saturated carbocycles. The van der Waals surface area contributed by atoms with Gasteiger partial charge in [0.05, 0.1) is 24.4 Å². The largest absolute Gasteiger partial charge is 0.461 e. The topological polar surface area (TPSA) is 86.1 Å². The second-order valence-corrected chi connectivity index (χ2v) is 7.51. The van der Waals surface area contributed by atoms with Crippen LogP contribution in [0.4, 0.5) is 5.69 Å². The first-order valence-electron chi connectivity index (χ1n) is 9.75. The lowest BCUT2D eigenvalue weighted by molar-refractivity contribution is -0.115. The lowest BCUT2D eigenvalue weighted by atomic mass is 10.2. The summed E-state index contributed by atoms with van der Waals surface area (Å²) >= 11 is 1.52. The number of anilines is 1. The summed E-state index contributed by atoms with van der Waals surface area (Å²) < 4.78 is 6.53. The Bertz CT molecular complexity index is 1200. The van der Waals surface area contributed by atoms with Gasteiger partial charge in [0.2, 0.25) is 5.91 Å². The summed E-state index contributed by atoms with van der Waals surface area (Å²) in [6, 6.07) is 18.7. The molecule has 7 nitrogen and oxygen atoms in total. The van der Waals surface area contributed by atoms with E-state index in [1.807, 2.05) is 47.8 Å². The van der Waals surface area contributed by atoms with Crippen molar-refractivity contribution in [1.82, 2.24) is 14.8 Å². The molecular formula is C23H20N4O3S. The molecule has 4 rings (SSSR count). The van der Waals surface area contributed by atoms with Crippen LogP contribution >= 0.6 is 11.3 Å². The Morgan fingerprint density at radius 1 is 1.10 bits per heavy atom. The molecule has 2 aromatic heterocycles. The van der Waals surface area contributed by atoms with Gasteiger partial charge >= 0.3 is 5.97 Å². The van der Waals surface area contributed by atoms with Crippen LogP contribution < -0.4 is 5.32 Å². The molecule has 0 spiro atoms. The van der Waals surface area contributed by atoms with E-state index in [0.717, 1.165) is 16.3 Å². The minimum absolute atomic E-state index is 0.158. The van der Waals surface area contributed by atoms with Gasteiger partial charge < -0.3 is 10.1 Å². The number of thiazole rings is 1. The molecule has 1 N–H and O–H groups in total. The van der Waals surface area contributed by atoms with E-state index in [1.165, 1.54) is 11.3 Å². The third-order valence-electron chi connectivity index (χ3n) is 4.38. The quantitative estimate of drug-likeness (QED) is 0.439. The number of nitrogens with zero attached hydrogens (tertiary/aromatic N) is 3. The molecule has 0 aliphatic carbocycles. The van der Waals surface area contributed by atoms with Gasteiger partial charge in [-0.15, -0.1) is 11.3 Å². The Morgan fingerprint density at radius 3 is 2.74 bits per heavy atom. The van der Waals surface area contributed by atoms with E-state index >= 15 is 0 Å². The van der Waals surface area contributed by atoms with Crippen LogP contribution in [0, 0.1) is 0 Å². The number of carbonyl (C=O) groups excluding carboxylic acids is 2. The number of aromatic nitrogens is 3. The number of benzene rings is 2. The number of carbonyl (C=O) groups is 2. The number of hydrogen-bond acceptors (Lipinski definition) is 6. The number of rotatable bonds is 7. The van der Waals surface area contributed by atoms with Crippen molar-refractivity contribution in [2.24, 2.45) is 0 Å². The maximum Gasteiger partial charge on any atom is 0.358 e. The number of nitrogens with one attached hydrogen (secondary N) is 1. The van der Waals surface area contributed by atoms with Gasteiger partial charge in [-0.25, -0.2) is 14.5 Å². The van der Waals surface area contributed by atoms with Gasteiger partial charge in [-0.3, -0.25) is 4.79 Å². The van der Waals surface area contributed by atoms with Crippen molar-refractivity contribution < 1.29 is 14.3 Å². The van der Waals surface area contributed by atoms with Crippen molar-refractivity contribution in [2.45, 2.75) is 13.3 Å². The van der Waals surface area contributed by atoms with Gasteiger partial charge in [0.15, 0.2) is 5.69 Å². The van der Waals surface area contributed by atoms with E-state index in [1.54, 1.807) is 36.0 Å². The molecule has 0 fully saturated rings. The molecule has 31 heavy (non-hydrogen) atoms. The molecular weight excluding hydrogens is 412 g/mol. The van der Waals surface area contributed by atoms with Gasteiger partial charge in [-0.05, 0) is 31.2 Å². The average molecular weight is 433 g/mol. The summed E-state index contributed by atoms with van der Waals surface area (Å²) in [5, 5.41) is 9.92. The minimum Gasteiger partial charge on any atom is -0.461 e. The van der Waals surface area contributed by atoms with Crippen LogP contribution in [0.3, 0.4) is 0 Å². The molecule has 0 aliphatic heterocycles. The van der Waals surface area contributed by atoms with Crippen molar-refractivity contribution in [1.29, 1.82) is 0 Å². The Labute approximate surface area is 183 Å². The Balaban J connectivity index is 1.42. The van der Waals surface area contributed by atoms with Crippen LogP contribution in [0.1, 0.15) is 23.1 Å². The van der Waals surface area contributed by atoms with Crippen molar-refractivity contribution >= 4 is 28.9 Å². The van der Waals surface area contributed by atoms with E-state index in [2.05, 4.69) is 15.4 Å². The van der Waals surface area contributed by atoms with Crippen LogP contribution in [0.5, 0.6) is 0 Å². The summed E-state index contributed by atoms with van der Waals surface area (Å²) in [6.07, 6.45) is 1.86. The highest BCUT2D eigenvalue weighted by atomic mass is 32.1. The summed E-state index contributed by atoms with van der Waals surface area (Å²) in [5.41, 5.74) is 3.34. The molecule has 0 saturated heterocycles. The summed E-state index contributed by atoms with van der Waals surface area (Å²) in [6.45, 7) is 2.04. The molecule has 1 amide bonds. The van der Waals surface area contributed by atoms with Crippen LogP contribution in [0.15, 0.2) is 72.2 Å². The van der Waals surface area contributed by atoms with Crippen LogP contribution in [0.25, 0.3) is 16.3 Å². The highest BCUT2D eigenvalue weighted by Crippen LogP contribution is 2.23. The lowest BCUT2D eigenvalue weighted by Crippen LogP contribution is -2.14. The van der Waals surface area contributed by atoms with E-state index < -0.39 is 5.97 Å². The van der Waals surface area contributed by atoms with Gasteiger partial charge in [-0.1, -0.05) is 36.4 Å². The second kappa shape index (κ2) is 9.36. The fourth-order valence-electron chi connectivity index (χ4n) is 2.98. The highest BCUT2D eigenvalue weighted by molar-refractivity contribution is 7.13. The van der Waals surface area contributed by atoms with Gasteiger partial charge in [0.1, 0.15) is 5.01 Å². The maximum atomic E-state index is 12.5. The highest BCUT2D eigenvalue weighted by Gasteiger charge is 2.12. The molecule has 4 aromatic rings. The molecule has 2 heterocycles. The second-order valence-electron chi connectivity index (χ2n) is 6.65. The van der Waals surface area contributed by atoms with Crippen molar-refractivity contribution in [3.63, 3.8) is 0 Å². The number of esters is 1. The van der Waals surface area contributed by atoms with Crippen LogP contribution in [-0.4, -0.2) is 33.2 Å². The van der Waals surface area contributed by atoms with Gasteiger partial charge in [0, 0.05) is 22.8 Å². The molecule has 156 valence electrons. The minimum atomic E-state index is -0.469. The standard InChI is InChI=1S/C23H20N4O3S/c1-2-30-23(29)20-11-12-27(26-20)19-10-6-9-17(13-19)24-21(28)14-18-15-31-22(25-18)16-7-4-3-5-8-16/h3-13,15H,2,14H2,1H3,(H,24,28). The Morgan fingerprint density at radius 2 is 1.94 bits per heavy atom. The monoisotopic (exact) mass is 432 g/mol. The molecule has 2 aromatic carbocycles. The third-order valence-corrected chi connectivity index (χ3v) is 5.32. The third kappa shape index (κ3) is 5.04. The fraction of sp³-hybridized carbons (Fsp3) is 0.130. The number of amides is 1. The van der Waals surface area contributed by atoms with E-state index in [-0.39, 0.29) is 18.0 Å². The van der Waals surface area contributed by atoms with E-state index in [0.29, 0.717) is 18.0 Å². The predicted molar refractivity (Wildman–Crippen MR) is 119 cm³/mol. The summed E-state index contributed by atoms with van der Waals surface area (Å²) in [7, 11) is 0. The molecule has 8 heteroatoms. The number of ether oxygens (including phenoxy) is 1. The zero-order valence-electron chi connectivity index (χ0n) is 16.8. The normalized spacial score (nSPS) is 10.6. The first-order chi connectivity index (χ1) is 15.1. The molecule has 0 radical (unpaired) electrons. The SMILES string of the molecule is CCOC(=O)c1ccn(-c2cccc(NC(=O)Cc3csc(-c4ccccc4)n3)c2)n1. The first-order valence-corrected chi connectivity index (χ1v) is 10.6. The van der Waals surface area contributed by atoms with Crippen molar-refractivity contribution in [2.75, 3.05) is 11.9 Å². The van der Waals surface area contributed by atoms with Crippen molar-refractivity contribution in [3.8, 4) is 16.3 Å². The van der Waals surface area contributed by atoms with E-state index in [9.17, 15) is 9.59 Å². The van der Waals surface area contributed by atoms with Gasteiger partial charge in [0.25, 0.3) is 0 Å². The summed E-state index contributed by atoms with van der Waals surface area (Å²) in [5.74, 6) is -0.626. The molecule has 0 unspecified atom stereocenters. The van der Waals surface area contributed by atoms with E-state index in [4.69, 9.17) is 4.74 Å². The predicted octanol–water partition coefficient (Wildman–Crippen LogP) is 4.35. The van der Waals surface area contributed by atoms with Crippen molar-refractivity contribution in [3.05, 3.63) is 83.6 Å². The molecule has 0 aliphatic rings. The lowest BCUT2D eigenvalue weighted by Gasteiger charge is -2.07. The van der Waals surface area contributed by atoms with Gasteiger partial charge in [-0.2, -0.15) is 5.10 Å². The summed E-state index contributed by atoms with van der Waals surface area (Å²) in [4.78, 5) is 28.9. The smallest absolute Gasteiger partial charge is 0.358 e. The number of hydrogen-bond donors (Lipinski definition) is 1.